The van der Waals surface area contributed by atoms with E-state index in [1.807, 2.05) is 31.2 Å². The van der Waals surface area contributed by atoms with Crippen LogP contribution in [-0.2, 0) is 0 Å². The number of hydrogen-bond acceptors (Lipinski definition) is 1. The van der Waals surface area contributed by atoms with Crippen LogP contribution in [0.4, 0.5) is 0 Å². The number of ether oxygens (including phenoxy) is 1. The molecule has 0 amide bonds. The van der Waals surface area contributed by atoms with Crippen molar-refractivity contribution in [3.05, 3.63) is 36.8 Å². The van der Waals surface area contributed by atoms with Crippen molar-refractivity contribution < 1.29 is 4.74 Å². The Morgan fingerprint density at radius 2 is 2.30 bits per heavy atom. The van der Waals surface area contributed by atoms with E-state index in [4.69, 9.17) is 4.74 Å². The first-order valence-electron chi connectivity index (χ1n) is 3.31. The molecule has 1 radical (unpaired) electrons. The maximum atomic E-state index is 5.18. The normalized spacial score (nSPS) is 9.40. The molecule has 0 aromatic heterocycles. The zero-order valence-electron chi connectivity index (χ0n) is 6.13. The lowest BCUT2D eigenvalue weighted by atomic mass is 10.2. The van der Waals surface area contributed by atoms with Crippen molar-refractivity contribution in [2.45, 2.75) is 6.92 Å². The van der Waals surface area contributed by atoms with Gasteiger partial charge in [-0.25, -0.2) is 0 Å². The zero-order valence-corrected chi connectivity index (χ0v) is 6.13. The van der Waals surface area contributed by atoms with Crippen molar-refractivity contribution in [1.29, 1.82) is 0 Å². The number of rotatable bonds is 2. The fourth-order valence-corrected chi connectivity index (χ4v) is 0.823. The standard InChI is InChI=1S/C9H11O/c1-3-10-9-6-4-5-8(2)7-9/h4-7H,1,3H2,2H3. The van der Waals surface area contributed by atoms with Gasteiger partial charge in [0.1, 0.15) is 5.75 Å². The van der Waals surface area contributed by atoms with Gasteiger partial charge in [-0.3, -0.25) is 0 Å². The lowest BCUT2D eigenvalue weighted by Crippen LogP contribution is -1.90. The van der Waals surface area contributed by atoms with Gasteiger partial charge in [0.15, 0.2) is 0 Å². The third-order valence-corrected chi connectivity index (χ3v) is 1.26. The molecule has 0 bridgehead atoms. The second kappa shape index (κ2) is 3.25. The van der Waals surface area contributed by atoms with Gasteiger partial charge in [0.2, 0.25) is 0 Å². The van der Waals surface area contributed by atoms with Gasteiger partial charge in [0.05, 0.1) is 6.61 Å². The lowest BCUT2D eigenvalue weighted by Gasteiger charge is -2.01. The molecule has 0 aliphatic heterocycles. The van der Waals surface area contributed by atoms with Crippen molar-refractivity contribution in [1.82, 2.24) is 0 Å². The molecule has 0 fully saturated rings. The van der Waals surface area contributed by atoms with E-state index in [1.54, 1.807) is 0 Å². The van der Waals surface area contributed by atoms with Crippen LogP contribution in [0.1, 0.15) is 5.56 Å². The smallest absolute Gasteiger partial charge is 0.119 e. The molecule has 0 saturated heterocycles. The summed E-state index contributed by atoms with van der Waals surface area (Å²) in [6.07, 6.45) is 0. The molecule has 1 aromatic carbocycles. The molecular weight excluding hydrogens is 124 g/mol. The van der Waals surface area contributed by atoms with E-state index in [0.717, 1.165) is 5.75 Å². The van der Waals surface area contributed by atoms with E-state index in [2.05, 4.69) is 6.92 Å². The number of benzene rings is 1. The van der Waals surface area contributed by atoms with Crippen LogP contribution in [0.5, 0.6) is 5.75 Å². The molecule has 1 aromatic rings. The molecular formula is C9H11O. The average Bonchev–Trinajstić information content (AvgIpc) is 1.88. The largest absolute Gasteiger partial charge is 0.494 e. The molecule has 0 aliphatic rings. The minimum absolute atomic E-state index is 0.490. The van der Waals surface area contributed by atoms with Gasteiger partial charge in [-0.2, -0.15) is 0 Å². The van der Waals surface area contributed by atoms with Crippen molar-refractivity contribution in [2.75, 3.05) is 6.61 Å². The summed E-state index contributed by atoms with van der Waals surface area (Å²) in [5.41, 5.74) is 1.21. The summed E-state index contributed by atoms with van der Waals surface area (Å²) in [6, 6.07) is 7.93. The van der Waals surface area contributed by atoms with Crippen LogP contribution in [0.3, 0.4) is 0 Å². The second-order valence-electron chi connectivity index (χ2n) is 2.16. The van der Waals surface area contributed by atoms with E-state index < -0.39 is 0 Å². The van der Waals surface area contributed by atoms with Gasteiger partial charge < -0.3 is 4.74 Å². The van der Waals surface area contributed by atoms with Crippen LogP contribution in [0.15, 0.2) is 24.3 Å². The first-order valence-corrected chi connectivity index (χ1v) is 3.31. The fourth-order valence-electron chi connectivity index (χ4n) is 0.823. The predicted octanol–water partition coefficient (Wildman–Crippen LogP) is 2.21. The molecule has 0 saturated carbocycles. The Labute approximate surface area is 61.6 Å². The molecule has 0 N–H and O–H groups in total. The number of hydrogen-bond donors (Lipinski definition) is 0. The minimum Gasteiger partial charge on any atom is -0.494 e. The Morgan fingerprint density at radius 1 is 1.50 bits per heavy atom. The van der Waals surface area contributed by atoms with Crippen LogP contribution in [0.2, 0.25) is 0 Å². The minimum atomic E-state index is 0.490. The van der Waals surface area contributed by atoms with Gasteiger partial charge in [-0.1, -0.05) is 12.1 Å². The monoisotopic (exact) mass is 135 g/mol. The van der Waals surface area contributed by atoms with E-state index in [0.29, 0.717) is 6.61 Å². The zero-order chi connectivity index (χ0) is 7.40. The van der Waals surface area contributed by atoms with Gasteiger partial charge in [0, 0.05) is 0 Å². The van der Waals surface area contributed by atoms with E-state index in [1.165, 1.54) is 5.56 Å². The van der Waals surface area contributed by atoms with Crippen molar-refractivity contribution in [3.8, 4) is 5.75 Å². The maximum Gasteiger partial charge on any atom is 0.119 e. The van der Waals surface area contributed by atoms with Gasteiger partial charge >= 0.3 is 0 Å². The van der Waals surface area contributed by atoms with Crippen molar-refractivity contribution >= 4 is 0 Å². The Balaban J connectivity index is 2.75. The van der Waals surface area contributed by atoms with Crippen LogP contribution >= 0.6 is 0 Å². The first kappa shape index (κ1) is 7.13. The van der Waals surface area contributed by atoms with Gasteiger partial charge in [-0.05, 0) is 31.5 Å². The maximum absolute atomic E-state index is 5.18. The highest BCUT2D eigenvalue weighted by Crippen LogP contribution is 2.11. The van der Waals surface area contributed by atoms with E-state index in [-0.39, 0.29) is 0 Å². The molecule has 0 atom stereocenters. The summed E-state index contributed by atoms with van der Waals surface area (Å²) in [5.74, 6) is 0.898. The van der Waals surface area contributed by atoms with Crippen molar-refractivity contribution in [3.63, 3.8) is 0 Å². The molecule has 1 heteroatoms. The van der Waals surface area contributed by atoms with E-state index in [9.17, 15) is 0 Å². The Kier molecular flexibility index (Phi) is 2.32. The fraction of sp³-hybridized carbons (Fsp3) is 0.222. The molecule has 0 spiro atoms. The quantitative estimate of drug-likeness (QED) is 0.604. The lowest BCUT2D eigenvalue weighted by molar-refractivity contribution is 0.361. The van der Waals surface area contributed by atoms with Crippen LogP contribution in [0.25, 0.3) is 0 Å². The second-order valence-corrected chi connectivity index (χ2v) is 2.16. The summed E-state index contributed by atoms with van der Waals surface area (Å²) >= 11 is 0. The predicted molar refractivity (Wildman–Crippen MR) is 42.0 cm³/mol. The highest BCUT2D eigenvalue weighted by atomic mass is 16.5. The molecule has 0 unspecified atom stereocenters. The topological polar surface area (TPSA) is 9.23 Å². The summed E-state index contributed by atoms with van der Waals surface area (Å²) in [6.45, 7) is 6.12. The van der Waals surface area contributed by atoms with Crippen LogP contribution < -0.4 is 4.74 Å². The molecule has 0 aliphatic carbocycles. The average molecular weight is 135 g/mol. The highest BCUT2D eigenvalue weighted by Gasteiger charge is 1.89. The molecule has 1 rings (SSSR count). The van der Waals surface area contributed by atoms with Crippen LogP contribution in [0, 0.1) is 13.8 Å². The molecule has 0 heterocycles. The number of aryl methyl sites for hydroxylation is 1. The van der Waals surface area contributed by atoms with E-state index >= 15 is 0 Å². The SMILES string of the molecule is [CH2]COc1cccc(C)c1. The Bertz CT molecular complexity index is 206. The van der Waals surface area contributed by atoms with Crippen molar-refractivity contribution in [2.24, 2.45) is 0 Å². The Morgan fingerprint density at radius 3 is 2.90 bits per heavy atom. The summed E-state index contributed by atoms with van der Waals surface area (Å²) in [5, 5.41) is 0. The molecule has 53 valence electrons. The summed E-state index contributed by atoms with van der Waals surface area (Å²) in [7, 11) is 0. The third kappa shape index (κ3) is 1.76. The molecule has 10 heavy (non-hydrogen) atoms. The third-order valence-electron chi connectivity index (χ3n) is 1.26. The summed E-state index contributed by atoms with van der Waals surface area (Å²) < 4.78 is 5.18. The first-order chi connectivity index (χ1) is 4.83. The molecule has 1 nitrogen and oxygen atoms in total. The Hall–Kier alpha value is -0.980. The van der Waals surface area contributed by atoms with Gasteiger partial charge in [0.25, 0.3) is 0 Å². The van der Waals surface area contributed by atoms with Crippen LogP contribution in [-0.4, -0.2) is 6.61 Å². The highest BCUT2D eigenvalue weighted by molar-refractivity contribution is 5.27. The van der Waals surface area contributed by atoms with Gasteiger partial charge in [-0.15, -0.1) is 0 Å². The summed E-state index contributed by atoms with van der Waals surface area (Å²) in [4.78, 5) is 0.